The summed E-state index contributed by atoms with van der Waals surface area (Å²) in [5.41, 5.74) is 13.0. The van der Waals surface area contributed by atoms with Crippen molar-refractivity contribution in [2.45, 2.75) is 0 Å². The highest BCUT2D eigenvalue weighted by molar-refractivity contribution is 6.09. The molecule has 8 aromatic carbocycles. The summed E-state index contributed by atoms with van der Waals surface area (Å²) in [5.74, 6) is 0. The van der Waals surface area contributed by atoms with Gasteiger partial charge in [-0.2, -0.15) is 0 Å². The minimum atomic E-state index is 0.801. The van der Waals surface area contributed by atoms with Gasteiger partial charge in [0.15, 0.2) is 5.58 Å². The summed E-state index contributed by atoms with van der Waals surface area (Å²) >= 11 is 0. The lowest BCUT2D eigenvalue weighted by Crippen LogP contribution is -2.09. The van der Waals surface area contributed by atoms with E-state index < -0.39 is 0 Å². The summed E-state index contributed by atoms with van der Waals surface area (Å²) in [6.45, 7) is 0. The molecule has 0 amide bonds. The third-order valence-corrected chi connectivity index (χ3v) is 10.1. The predicted octanol–water partition coefficient (Wildman–Crippen LogP) is 13.8. The van der Waals surface area contributed by atoms with Gasteiger partial charge in [0.25, 0.3) is 0 Å². The Balaban J connectivity index is 1.12. The lowest BCUT2D eigenvalue weighted by atomic mass is 9.89. The summed E-state index contributed by atoms with van der Waals surface area (Å²) in [6, 6.07) is 67.1. The van der Waals surface area contributed by atoms with Crippen LogP contribution in [0.2, 0.25) is 0 Å². The van der Waals surface area contributed by atoms with E-state index in [9.17, 15) is 0 Å². The van der Waals surface area contributed by atoms with Gasteiger partial charge in [-0.15, -0.1) is 0 Å². The first-order valence-electron chi connectivity index (χ1n) is 17.6. The van der Waals surface area contributed by atoms with E-state index in [1.165, 1.54) is 44.2 Å². The number of benzene rings is 8. The van der Waals surface area contributed by atoms with Gasteiger partial charge in [0, 0.05) is 28.6 Å². The molecular formula is C49H32N2O. The van der Waals surface area contributed by atoms with E-state index in [2.05, 4.69) is 186 Å². The van der Waals surface area contributed by atoms with Gasteiger partial charge in [0.2, 0.25) is 0 Å². The third kappa shape index (κ3) is 5.19. The van der Waals surface area contributed by atoms with E-state index in [0.717, 1.165) is 49.9 Å². The monoisotopic (exact) mass is 664 g/mol. The van der Waals surface area contributed by atoms with Crippen LogP contribution >= 0.6 is 0 Å². The standard InChI is InChI=1S/C49H32N2O/c1-3-10-33(11-4-1)34-17-23-40(24-18-34)51(42-27-21-38-31-45-47(32-39(38)30-42)52-46-16-9-29-50-49(45)46)41-25-19-37(20-26-41)48-43-15-8-7-14-36(43)22-28-44(48)35-12-5-2-6-13-35/h1-32H. The Morgan fingerprint density at radius 3 is 1.79 bits per heavy atom. The molecule has 0 aliphatic rings. The fourth-order valence-electron chi connectivity index (χ4n) is 7.57. The molecule has 0 saturated carbocycles. The minimum absolute atomic E-state index is 0.801. The van der Waals surface area contributed by atoms with Gasteiger partial charge < -0.3 is 9.32 Å². The molecule has 3 heteroatoms. The molecule has 0 N–H and O–H groups in total. The molecule has 0 radical (unpaired) electrons. The lowest BCUT2D eigenvalue weighted by Gasteiger charge is -2.26. The molecule has 0 bridgehead atoms. The number of hydrogen-bond donors (Lipinski definition) is 0. The second-order valence-electron chi connectivity index (χ2n) is 13.2. The first-order chi connectivity index (χ1) is 25.8. The van der Waals surface area contributed by atoms with Crippen molar-refractivity contribution < 1.29 is 4.42 Å². The molecule has 10 aromatic rings. The maximum absolute atomic E-state index is 6.24. The molecule has 0 aliphatic heterocycles. The van der Waals surface area contributed by atoms with Gasteiger partial charge in [0.05, 0.1) is 0 Å². The zero-order chi connectivity index (χ0) is 34.4. The van der Waals surface area contributed by atoms with Gasteiger partial charge in [-0.05, 0) is 116 Å². The fourth-order valence-corrected chi connectivity index (χ4v) is 7.57. The maximum atomic E-state index is 6.24. The van der Waals surface area contributed by atoms with E-state index in [1.807, 2.05) is 18.3 Å². The Morgan fingerprint density at radius 2 is 1.02 bits per heavy atom. The number of furan rings is 1. The molecule has 52 heavy (non-hydrogen) atoms. The summed E-state index contributed by atoms with van der Waals surface area (Å²) in [7, 11) is 0. The second-order valence-corrected chi connectivity index (χ2v) is 13.2. The Labute approximate surface area is 301 Å². The highest BCUT2D eigenvalue weighted by Crippen LogP contribution is 2.42. The highest BCUT2D eigenvalue weighted by Gasteiger charge is 2.17. The number of anilines is 3. The average molecular weight is 665 g/mol. The Bertz CT molecular complexity index is 2880. The quantitative estimate of drug-likeness (QED) is 0.177. The van der Waals surface area contributed by atoms with Crippen molar-refractivity contribution in [3.8, 4) is 33.4 Å². The van der Waals surface area contributed by atoms with Crippen molar-refractivity contribution in [3.63, 3.8) is 0 Å². The predicted molar refractivity (Wildman–Crippen MR) is 218 cm³/mol. The average Bonchev–Trinajstić information content (AvgIpc) is 3.58. The first kappa shape index (κ1) is 29.9. The van der Waals surface area contributed by atoms with Crippen LogP contribution in [0.5, 0.6) is 0 Å². The number of pyridine rings is 1. The third-order valence-electron chi connectivity index (χ3n) is 10.1. The van der Waals surface area contributed by atoms with Crippen molar-refractivity contribution in [2.75, 3.05) is 4.90 Å². The molecule has 3 nitrogen and oxygen atoms in total. The molecule has 0 atom stereocenters. The van der Waals surface area contributed by atoms with Crippen LogP contribution in [0.15, 0.2) is 199 Å². The summed E-state index contributed by atoms with van der Waals surface area (Å²) < 4.78 is 6.24. The van der Waals surface area contributed by atoms with Crippen LogP contribution < -0.4 is 4.90 Å². The molecule has 2 heterocycles. The maximum Gasteiger partial charge on any atom is 0.153 e. The van der Waals surface area contributed by atoms with E-state index in [4.69, 9.17) is 4.42 Å². The molecule has 0 fully saturated rings. The molecule has 0 spiro atoms. The van der Waals surface area contributed by atoms with Gasteiger partial charge in [-0.3, -0.25) is 4.98 Å². The van der Waals surface area contributed by atoms with Gasteiger partial charge in [0.1, 0.15) is 11.1 Å². The molecule has 2 aromatic heterocycles. The van der Waals surface area contributed by atoms with Crippen LogP contribution in [0.4, 0.5) is 17.1 Å². The largest absolute Gasteiger partial charge is 0.454 e. The molecular weight excluding hydrogens is 633 g/mol. The summed E-state index contributed by atoms with van der Waals surface area (Å²) in [4.78, 5) is 6.93. The van der Waals surface area contributed by atoms with Crippen LogP contribution in [-0.4, -0.2) is 4.98 Å². The van der Waals surface area contributed by atoms with E-state index in [-0.39, 0.29) is 0 Å². The normalized spacial score (nSPS) is 11.5. The van der Waals surface area contributed by atoms with Crippen LogP contribution in [0.1, 0.15) is 0 Å². The molecule has 244 valence electrons. The lowest BCUT2D eigenvalue weighted by molar-refractivity contribution is 0.668. The number of rotatable bonds is 6. The number of nitrogens with zero attached hydrogens (tertiary/aromatic N) is 2. The smallest absolute Gasteiger partial charge is 0.153 e. The summed E-state index contributed by atoms with van der Waals surface area (Å²) in [5, 5.41) is 5.75. The minimum Gasteiger partial charge on any atom is -0.454 e. The Kier molecular flexibility index (Phi) is 7.14. The molecule has 0 saturated heterocycles. The van der Waals surface area contributed by atoms with Crippen molar-refractivity contribution in [1.29, 1.82) is 0 Å². The number of hydrogen-bond acceptors (Lipinski definition) is 3. The molecule has 0 aliphatic carbocycles. The van der Waals surface area contributed by atoms with Crippen molar-refractivity contribution in [1.82, 2.24) is 4.98 Å². The molecule has 0 unspecified atom stereocenters. The van der Waals surface area contributed by atoms with Crippen LogP contribution in [-0.2, 0) is 0 Å². The van der Waals surface area contributed by atoms with E-state index >= 15 is 0 Å². The Morgan fingerprint density at radius 1 is 0.385 bits per heavy atom. The SMILES string of the molecule is c1ccc(-c2ccc(N(c3ccc(-c4c(-c5ccccc5)ccc5ccccc45)cc3)c3ccc4cc5c(cc4c3)oc3cccnc35)cc2)cc1. The van der Waals surface area contributed by atoms with Crippen LogP contribution in [0.25, 0.3) is 77.0 Å². The highest BCUT2D eigenvalue weighted by atomic mass is 16.3. The zero-order valence-corrected chi connectivity index (χ0v) is 28.3. The second kappa shape index (κ2) is 12.4. The van der Waals surface area contributed by atoms with Crippen molar-refractivity contribution in [2.24, 2.45) is 0 Å². The number of fused-ring (bicyclic) bond motifs is 5. The topological polar surface area (TPSA) is 29.3 Å². The van der Waals surface area contributed by atoms with Crippen molar-refractivity contribution >= 4 is 60.7 Å². The van der Waals surface area contributed by atoms with Crippen LogP contribution in [0.3, 0.4) is 0 Å². The van der Waals surface area contributed by atoms with E-state index in [1.54, 1.807) is 0 Å². The first-order valence-corrected chi connectivity index (χ1v) is 17.6. The Hall–Kier alpha value is -6.97. The molecule has 10 rings (SSSR count). The van der Waals surface area contributed by atoms with Gasteiger partial charge in [-0.1, -0.05) is 127 Å². The van der Waals surface area contributed by atoms with E-state index in [0.29, 0.717) is 0 Å². The van der Waals surface area contributed by atoms with Crippen LogP contribution in [0, 0.1) is 0 Å². The van der Waals surface area contributed by atoms with Crippen molar-refractivity contribution in [3.05, 3.63) is 194 Å². The van der Waals surface area contributed by atoms with Gasteiger partial charge >= 0.3 is 0 Å². The summed E-state index contributed by atoms with van der Waals surface area (Å²) in [6.07, 6.45) is 1.82. The zero-order valence-electron chi connectivity index (χ0n) is 28.3. The van der Waals surface area contributed by atoms with Gasteiger partial charge in [-0.25, -0.2) is 0 Å². The fraction of sp³-hybridized carbons (Fsp3) is 0. The number of aromatic nitrogens is 1.